The summed E-state index contributed by atoms with van der Waals surface area (Å²) in [5.41, 5.74) is 0.938. The van der Waals surface area contributed by atoms with E-state index in [1.165, 1.54) is 0 Å². The van der Waals surface area contributed by atoms with Crippen LogP contribution in [0.5, 0.6) is 11.6 Å². The van der Waals surface area contributed by atoms with Crippen LogP contribution in [0.2, 0.25) is 0 Å². The molecule has 1 N–H and O–H groups in total. The average Bonchev–Trinajstić information content (AvgIpc) is 3.34. The minimum Gasteiger partial charge on any atom is -0.477 e. The van der Waals surface area contributed by atoms with Crippen LogP contribution in [-0.2, 0) is 7.05 Å². The number of piperazine rings is 1. The minimum atomic E-state index is -0.969. The lowest BCUT2D eigenvalue weighted by atomic mass is 10.2. The third-order valence-corrected chi connectivity index (χ3v) is 5.84. The zero-order valence-corrected chi connectivity index (χ0v) is 15.7. The second-order valence-corrected chi connectivity index (χ2v) is 7.52. The zero-order chi connectivity index (χ0) is 19.4. The van der Waals surface area contributed by atoms with Crippen LogP contribution in [0.3, 0.4) is 0 Å². The number of fused-ring (bicyclic) bond motifs is 3. The van der Waals surface area contributed by atoms with Crippen LogP contribution in [0.1, 0.15) is 16.9 Å². The van der Waals surface area contributed by atoms with E-state index < -0.39 is 5.97 Å². The number of anilines is 1. The molecule has 0 saturated carbocycles. The fourth-order valence-electron chi connectivity index (χ4n) is 4.42. The smallest absolute Gasteiger partial charge is 0.352 e. The highest BCUT2D eigenvalue weighted by molar-refractivity contribution is 5.96. The molecule has 0 aliphatic carbocycles. The van der Waals surface area contributed by atoms with Crippen LogP contribution >= 0.6 is 0 Å². The Morgan fingerprint density at radius 1 is 1.21 bits per heavy atom. The van der Waals surface area contributed by atoms with E-state index >= 15 is 0 Å². The Hall–Kier alpha value is -3.13. The number of carboxylic acids is 1. The minimum absolute atomic E-state index is 0.214. The van der Waals surface area contributed by atoms with E-state index in [1.54, 1.807) is 29.9 Å². The van der Waals surface area contributed by atoms with E-state index in [-0.39, 0.29) is 5.69 Å². The summed E-state index contributed by atoms with van der Waals surface area (Å²) in [6.07, 6.45) is 2.85. The van der Waals surface area contributed by atoms with Crippen molar-refractivity contribution in [2.45, 2.75) is 18.5 Å². The molecule has 144 valence electrons. The summed E-state index contributed by atoms with van der Waals surface area (Å²) in [5, 5.41) is 10.2. The number of ether oxygens (including phenoxy) is 1. The van der Waals surface area contributed by atoms with Crippen molar-refractivity contribution in [2.24, 2.45) is 7.05 Å². The summed E-state index contributed by atoms with van der Waals surface area (Å²) in [7, 11) is 3.88. The number of likely N-dealkylation sites (tertiary alicyclic amines) is 1. The number of benzene rings is 1. The highest BCUT2D eigenvalue weighted by Crippen LogP contribution is 2.34. The van der Waals surface area contributed by atoms with Gasteiger partial charge in [-0.2, -0.15) is 4.98 Å². The Balaban J connectivity index is 1.47. The van der Waals surface area contributed by atoms with Crippen LogP contribution in [0.15, 0.2) is 36.5 Å². The molecular weight excluding hydrogens is 358 g/mol. The third-order valence-electron chi connectivity index (χ3n) is 5.84. The number of aromatic nitrogens is 3. The van der Waals surface area contributed by atoms with Crippen LogP contribution in [0.25, 0.3) is 10.9 Å². The predicted molar refractivity (Wildman–Crippen MR) is 104 cm³/mol. The molecule has 0 amide bonds. The highest BCUT2D eigenvalue weighted by atomic mass is 16.5. The van der Waals surface area contributed by atoms with E-state index in [2.05, 4.69) is 26.8 Å². The standard InChI is InChI=1S/C20H21N5O3/c1-23-10-14-9-13(23)11-25(14)20-21-7-6-17(22-20)28-16-5-3-4-12-8-15(19(26)27)24(2)18(12)16/h3-8,13-14H,9-11H2,1-2H3,(H,26,27). The SMILES string of the molecule is CN1CC2CC1CN2c1nccc(Oc2cccc3cc(C(=O)O)n(C)c23)n1. The second-order valence-electron chi connectivity index (χ2n) is 7.52. The van der Waals surface area contributed by atoms with E-state index in [9.17, 15) is 9.90 Å². The number of carbonyl (C=O) groups is 1. The van der Waals surface area contributed by atoms with Crippen molar-refractivity contribution in [3.8, 4) is 11.6 Å². The van der Waals surface area contributed by atoms with Crippen molar-refractivity contribution in [3.63, 3.8) is 0 Å². The van der Waals surface area contributed by atoms with Gasteiger partial charge in [-0.15, -0.1) is 0 Å². The summed E-state index contributed by atoms with van der Waals surface area (Å²) in [5.74, 6) is 0.734. The fourth-order valence-corrected chi connectivity index (χ4v) is 4.42. The maximum atomic E-state index is 11.4. The van der Waals surface area contributed by atoms with Crippen LogP contribution in [0, 0.1) is 0 Å². The molecule has 8 heteroatoms. The molecule has 2 saturated heterocycles. The molecule has 2 aliphatic rings. The molecule has 2 atom stereocenters. The second kappa shape index (κ2) is 6.20. The first-order valence-electron chi connectivity index (χ1n) is 9.31. The summed E-state index contributed by atoms with van der Waals surface area (Å²) >= 11 is 0. The molecule has 28 heavy (non-hydrogen) atoms. The maximum absolute atomic E-state index is 11.4. The van der Waals surface area contributed by atoms with Gasteiger partial charge in [0, 0.05) is 49.9 Å². The predicted octanol–water partition coefficient (Wildman–Crippen LogP) is 2.35. The zero-order valence-electron chi connectivity index (χ0n) is 15.7. The Labute approximate surface area is 162 Å². The quantitative estimate of drug-likeness (QED) is 0.745. The molecule has 2 bridgehead atoms. The number of aromatic carboxylic acids is 1. The molecule has 2 fully saturated rings. The molecular formula is C20H21N5O3. The molecule has 0 radical (unpaired) electrons. The number of hydrogen-bond donors (Lipinski definition) is 1. The van der Waals surface area contributed by atoms with Crippen molar-refractivity contribution in [3.05, 3.63) is 42.2 Å². The van der Waals surface area contributed by atoms with E-state index in [1.807, 2.05) is 18.2 Å². The van der Waals surface area contributed by atoms with Gasteiger partial charge < -0.3 is 19.3 Å². The van der Waals surface area contributed by atoms with Gasteiger partial charge in [0.1, 0.15) is 5.69 Å². The van der Waals surface area contributed by atoms with E-state index in [0.717, 1.165) is 30.4 Å². The summed E-state index contributed by atoms with van der Waals surface area (Å²) in [6.45, 7) is 1.96. The van der Waals surface area contributed by atoms with Gasteiger partial charge in [-0.3, -0.25) is 4.90 Å². The van der Waals surface area contributed by atoms with Gasteiger partial charge >= 0.3 is 5.97 Å². The first-order chi connectivity index (χ1) is 13.5. The molecule has 5 rings (SSSR count). The van der Waals surface area contributed by atoms with E-state index in [4.69, 9.17) is 4.74 Å². The fraction of sp³-hybridized carbons (Fsp3) is 0.350. The summed E-state index contributed by atoms with van der Waals surface area (Å²) in [4.78, 5) is 25.2. The molecule has 2 aliphatic heterocycles. The van der Waals surface area contributed by atoms with Crippen molar-refractivity contribution >= 4 is 22.8 Å². The average molecular weight is 379 g/mol. The maximum Gasteiger partial charge on any atom is 0.352 e. The number of para-hydroxylation sites is 1. The van der Waals surface area contributed by atoms with Crippen molar-refractivity contribution < 1.29 is 14.6 Å². The highest BCUT2D eigenvalue weighted by Gasteiger charge is 2.42. The first kappa shape index (κ1) is 17.0. The molecule has 4 heterocycles. The topological polar surface area (TPSA) is 83.7 Å². The third kappa shape index (κ3) is 2.60. The van der Waals surface area contributed by atoms with Gasteiger partial charge in [0.05, 0.1) is 5.52 Å². The molecule has 8 nitrogen and oxygen atoms in total. The summed E-state index contributed by atoms with van der Waals surface area (Å²) < 4.78 is 7.69. The van der Waals surface area contributed by atoms with Gasteiger partial charge in [0.25, 0.3) is 0 Å². The van der Waals surface area contributed by atoms with Crippen molar-refractivity contribution in [1.82, 2.24) is 19.4 Å². The number of hydrogen-bond acceptors (Lipinski definition) is 6. The normalized spacial score (nSPS) is 21.6. The number of nitrogens with zero attached hydrogens (tertiary/aromatic N) is 5. The Morgan fingerprint density at radius 2 is 2.07 bits per heavy atom. The van der Waals surface area contributed by atoms with Crippen molar-refractivity contribution in [2.75, 3.05) is 25.0 Å². The lowest BCUT2D eigenvalue weighted by Gasteiger charge is -2.31. The largest absolute Gasteiger partial charge is 0.477 e. The number of carboxylic acid groups (broad SMARTS) is 1. The lowest BCUT2D eigenvalue weighted by Crippen LogP contribution is -2.45. The lowest BCUT2D eigenvalue weighted by molar-refractivity contribution is 0.0687. The van der Waals surface area contributed by atoms with Crippen molar-refractivity contribution in [1.29, 1.82) is 0 Å². The van der Waals surface area contributed by atoms with Crippen LogP contribution in [-0.4, -0.2) is 62.7 Å². The molecule has 1 aromatic carbocycles. The van der Waals surface area contributed by atoms with Gasteiger partial charge in [-0.25, -0.2) is 9.78 Å². The Kier molecular flexibility index (Phi) is 3.77. The van der Waals surface area contributed by atoms with Gasteiger partial charge in [-0.1, -0.05) is 12.1 Å². The van der Waals surface area contributed by atoms with Gasteiger partial charge in [0.15, 0.2) is 5.75 Å². The summed E-state index contributed by atoms with van der Waals surface area (Å²) in [6, 6.07) is 9.92. The molecule has 3 aromatic rings. The Bertz CT molecular complexity index is 1080. The van der Waals surface area contributed by atoms with Gasteiger partial charge in [-0.05, 0) is 25.6 Å². The number of likely N-dealkylation sites (N-methyl/N-ethyl adjacent to an activating group) is 1. The first-order valence-corrected chi connectivity index (χ1v) is 9.31. The molecule has 2 unspecified atom stereocenters. The molecule has 2 aromatic heterocycles. The van der Waals surface area contributed by atoms with Gasteiger partial charge in [0.2, 0.25) is 11.8 Å². The van der Waals surface area contributed by atoms with Crippen LogP contribution in [0.4, 0.5) is 5.95 Å². The van der Waals surface area contributed by atoms with Crippen LogP contribution < -0.4 is 9.64 Å². The monoisotopic (exact) mass is 379 g/mol. The number of aryl methyl sites for hydroxylation is 1. The Morgan fingerprint density at radius 3 is 2.79 bits per heavy atom. The number of rotatable bonds is 4. The molecule has 0 spiro atoms. The van der Waals surface area contributed by atoms with E-state index in [0.29, 0.717) is 29.7 Å².